The molecule has 0 radical (unpaired) electrons. The lowest BCUT2D eigenvalue weighted by Gasteiger charge is -2.31. The predicted molar refractivity (Wildman–Crippen MR) is 106 cm³/mol. The average Bonchev–Trinajstić information content (AvgIpc) is 3.13. The number of carbonyl (C=O) groups excluding carboxylic acids is 1. The van der Waals surface area contributed by atoms with E-state index >= 15 is 0 Å². The van der Waals surface area contributed by atoms with Crippen LogP contribution in [-0.4, -0.2) is 40.5 Å². The molecule has 1 saturated heterocycles. The van der Waals surface area contributed by atoms with Crippen LogP contribution in [0.5, 0.6) is 5.75 Å². The lowest BCUT2D eigenvalue weighted by atomic mass is 9.97. The van der Waals surface area contributed by atoms with Crippen LogP contribution in [0, 0.1) is 13.8 Å². The van der Waals surface area contributed by atoms with Gasteiger partial charge in [-0.3, -0.25) is 4.79 Å². The summed E-state index contributed by atoms with van der Waals surface area (Å²) in [5.74, 6) is 2.05. The summed E-state index contributed by atoms with van der Waals surface area (Å²) in [6.45, 7) is 5.62. The highest BCUT2D eigenvalue weighted by Gasteiger charge is 2.27. The fourth-order valence-corrected chi connectivity index (χ4v) is 3.70. The SMILES string of the molecule is Cc1cccc(OCC(=O)N2CCCC(c3nc4ccccc4[nH]3)C2)c1C. The van der Waals surface area contributed by atoms with Gasteiger partial charge >= 0.3 is 0 Å². The molecule has 4 rings (SSSR count). The van der Waals surface area contributed by atoms with Crippen molar-refractivity contribution in [1.82, 2.24) is 14.9 Å². The van der Waals surface area contributed by atoms with Crippen molar-refractivity contribution in [2.45, 2.75) is 32.6 Å². The van der Waals surface area contributed by atoms with Crippen LogP contribution >= 0.6 is 0 Å². The van der Waals surface area contributed by atoms with Gasteiger partial charge in [0.25, 0.3) is 5.91 Å². The number of nitrogens with zero attached hydrogens (tertiary/aromatic N) is 2. The Bertz CT molecular complexity index is 930. The molecule has 27 heavy (non-hydrogen) atoms. The molecule has 1 aliphatic rings. The molecule has 5 heteroatoms. The number of aromatic nitrogens is 2. The molecule has 5 nitrogen and oxygen atoms in total. The van der Waals surface area contributed by atoms with Crippen LogP contribution in [0.1, 0.15) is 35.7 Å². The van der Waals surface area contributed by atoms with Crippen LogP contribution in [0.15, 0.2) is 42.5 Å². The smallest absolute Gasteiger partial charge is 0.260 e. The van der Waals surface area contributed by atoms with E-state index in [9.17, 15) is 4.79 Å². The van der Waals surface area contributed by atoms with E-state index in [1.165, 1.54) is 5.56 Å². The number of nitrogens with one attached hydrogen (secondary N) is 1. The van der Waals surface area contributed by atoms with E-state index in [-0.39, 0.29) is 18.4 Å². The maximum absolute atomic E-state index is 12.7. The predicted octanol–water partition coefficient (Wildman–Crippen LogP) is 3.96. The van der Waals surface area contributed by atoms with Gasteiger partial charge in [0.1, 0.15) is 11.6 Å². The summed E-state index contributed by atoms with van der Waals surface area (Å²) in [4.78, 5) is 22.7. The number of hydrogen-bond donors (Lipinski definition) is 1. The normalized spacial score (nSPS) is 17.3. The number of imidazole rings is 1. The van der Waals surface area contributed by atoms with Crippen molar-refractivity contribution in [2.75, 3.05) is 19.7 Å². The highest BCUT2D eigenvalue weighted by atomic mass is 16.5. The number of H-pyrrole nitrogens is 1. The van der Waals surface area contributed by atoms with Gasteiger partial charge in [-0.2, -0.15) is 0 Å². The van der Waals surface area contributed by atoms with Gasteiger partial charge in [-0.1, -0.05) is 24.3 Å². The van der Waals surface area contributed by atoms with Gasteiger partial charge in [-0.15, -0.1) is 0 Å². The number of piperidine rings is 1. The minimum Gasteiger partial charge on any atom is -0.483 e. The molecule has 0 saturated carbocycles. The van der Waals surface area contributed by atoms with Crippen molar-refractivity contribution in [3.05, 3.63) is 59.4 Å². The molecule has 3 aromatic rings. The van der Waals surface area contributed by atoms with E-state index in [0.29, 0.717) is 6.54 Å². The summed E-state index contributed by atoms with van der Waals surface area (Å²) < 4.78 is 5.81. The number of ether oxygens (including phenoxy) is 1. The van der Waals surface area contributed by atoms with Gasteiger partial charge in [0, 0.05) is 19.0 Å². The summed E-state index contributed by atoms with van der Waals surface area (Å²) in [6, 6.07) is 14.0. The highest BCUT2D eigenvalue weighted by Crippen LogP contribution is 2.27. The maximum Gasteiger partial charge on any atom is 0.260 e. The third kappa shape index (κ3) is 3.68. The lowest BCUT2D eigenvalue weighted by Crippen LogP contribution is -2.41. The number of likely N-dealkylation sites (tertiary alicyclic amines) is 1. The molecule has 2 heterocycles. The largest absolute Gasteiger partial charge is 0.483 e. The Hall–Kier alpha value is -2.82. The van der Waals surface area contributed by atoms with Crippen LogP contribution in [0.2, 0.25) is 0 Å². The van der Waals surface area contributed by atoms with Crippen LogP contribution in [0.4, 0.5) is 0 Å². The van der Waals surface area contributed by atoms with Gasteiger partial charge in [0.2, 0.25) is 0 Å². The molecule has 1 amide bonds. The summed E-state index contributed by atoms with van der Waals surface area (Å²) in [5, 5.41) is 0. The van der Waals surface area contributed by atoms with E-state index in [0.717, 1.165) is 47.6 Å². The fraction of sp³-hybridized carbons (Fsp3) is 0.364. The maximum atomic E-state index is 12.7. The van der Waals surface area contributed by atoms with Crippen molar-refractivity contribution >= 4 is 16.9 Å². The number of para-hydroxylation sites is 2. The van der Waals surface area contributed by atoms with Crippen LogP contribution in [0.3, 0.4) is 0 Å². The fourth-order valence-electron chi connectivity index (χ4n) is 3.70. The van der Waals surface area contributed by atoms with Gasteiger partial charge in [-0.05, 0) is 56.0 Å². The third-order valence-corrected chi connectivity index (χ3v) is 5.47. The third-order valence-electron chi connectivity index (χ3n) is 5.47. The van der Waals surface area contributed by atoms with Gasteiger partial charge in [0.05, 0.1) is 11.0 Å². The van der Waals surface area contributed by atoms with E-state index in [2.05, 4.69) is 4.98 Å². The van der Waals surface area contributed by atoms with Gasteiger partial charge < -0.3 is 14.6 Å². The van der Waals surface area contributed by atoms with Gasteiger partial charge in [0.15, 0.2) is 6.61 Å². The van der Waals surface area contributed by atoms with Crippen molar-refractivity contribution < 1.29 is 9.53 Å². The molecule has 1 atom stereocenters. The van der Waals surface area contributed by atoms with E-state index in [1.54, 1.807) is 0 Å². The summed E-state index contributed by atoms with van der Waals surface area (Å²) in [7, 11) is 0. The Kier molecular flexibility index (Phi) is 4.84. The molecular weight excluding hydrogens is 338 g/mol. The first kappa shape index (κ1) is 17.6. The number of hydrogen-bond acceptors (Lipinski definition) is 3. The molecule has 140 valence electrons. The summed E-state index contributed by atoms with van der Waals surface area (Å²) in [6.07, 6.45) is 2.03. The first-order chi connectivity index (χ1) is 13.1. The minimum atomic E-state index is 0.0386. The number of carbonyl (C=O) groups is 1. The second-order valence-electron chi connectivity index (χ2n) is 7.30. The zero-order chi connectivity index (χ0) is 18.8. The number of rotatable bonds is 4. The summed E-state index contributed by atoms with van der Waals surface area (Å²) in [5.41, 5.74) is 4.29. The average molecular weight is 363 g/mol. The zero-order valence-corrected chi connectivity index (χ0v) is 15.9. The van der Waals surface area contributed by atoms with Crippen molar-refractivity contribution in [1.29, 1.82) is 0 Å². The van der Waals surface area contributed by atoms with Gasteiger partial charge in [-0.25, -0.2) is 4.98 Å². The molecule has 1 fully saturated rings. The lowest BCUT2D eigenvalue weighted by molar-refractivity contribution is -0.134. The molecule has 0 spiro atoms. The number of aryl methyl sites for hydroxylation is 1. The topological polar surface area (TPSA) is 58.2 Å². The zero-order valence-electron chi connectivity index (χ0n) is 15.9. The first-order valence-corrected chi connectivity index (χ1v) is 9.53. The number of fused-ring (bicyclic) bond motifs is 1. The molecule has 2 aromatic carbocycles. The number of amides is 1. The van der Waals surface area contributed by atoms with E-state index < -0.39 is 0 Å². The quantitative estimate of drug-likeness (QED) is 0.763. The van der Waals surface area contributed by atoms with Crippen molar-refractivity contribution in [2.24, 2.45) is 0 Å². The molecule has 1 aromatic heterocycles. The van der Waals surface area contributed by atoms with Crippen molar-refractivity contribution in [3.63, 3.8) is 0 Å². The molecule has 1 unspecified atom stereocenters. The van der Waals surface area contributed by atoms with Crippen LogP contribution in [-0.2, 0) is 4.79 Å². The second kappa shape index (κ2) is 7.43. The molecule has 1 N–H and O–H groups in total. The Morgan fingerprint density at radius 3 is 2.93 bits per heavy atom. The Balaban J connectivity index is 1.41. The number of aromatic amines is 1. The Labute approximate surface area is 159 Å². The minimum absolute atomic E-state index is 0.0386. The van der Waals surface area contributed by atoms with Crippen molar-refractivity contribution in [3.8, 4) is 5.75 Å². The van der Waals surface area contributed by atoms with Crippen LogP contribution < -0.4 is 4.74 Å². The standard InChI is InChI=1S/C22H25N3O2/c1-15-7-5-11-20(16(15)2)27-14-21(26)25-12-6-8-17(13-25)22-23-18-9-3-4-10-19(18)24-22/h3-5,7,9-11,17H,6,8,12-14H2,1-2H3,(H,23,24). The highest BCUT2D eigenvalue weighted by molar-refractivity contribution is 5.78. The summed E-state index contributed by atoms with van der Waals surface area (Å²) >= 11 is 0. The second-order valence-corrected chi connectivity index (χ2v) is 7.30. The Morgan fingerprint density at radius 2 is 2.07 bits per heavy atom. The Morgan fingerprint density at radius 1 is 1.22 bits per heavy atom. The monoisotopic (exact) mass is 363 g/mol. The van der Waals surface area contributed by atoms with E-state index in [4.69, 9.17) is 9.72 Å². The molecule has 0 aliphatic carbocycles. The molecule has 1 aliphatic heterocycles. The first-order valence-electron chi connectivity index (χ1n) is 9.53. The van der Waals surface area contributed by atoms with Crippen LogP contribution in [0.25, 0.3) is 11.0 Å². The van der Waals surface area contributed by atoms with E-state index in [1.807, 2.05) is 61.2 Å². The molecular formula is C22H25N3O2. The molecule has 0 bridgehead atoms. The number of benzene rings is 2.